The first-order valence-electron chi connectivity index (χ1n) is 8.55. The Morgan fingerprint density at radius 3 is 1.74 bits per heavy atom. The summed E-state index contributed by atoms with van der Waals surface area (Å²) in [6.07, 6.45) is 3.36. The van der Waals surface area contributed by atoms with Crippen LogP contribution in [0.4, 0.5) is 0 Å². The van der Waals surface area contributed by atoms with Gasteiger partial charge >= 0.3 is 37.6 Å². The summed E-state index contributed by atoms with van der Waals surface area (Å²) in [5.41, 5.74) is 5.32. The van der Waals surface area contributed by atoms with Gasteiger partial charge in [-0.05, 0) is 29.2 Å². The maximum atomic E-state index is 9.27. The molecule has 0 amide bonds. The van der Waals surface area contributed by atoms with Gasteiger partial charge in [-0.3, -0.25) is 6.08 Å². The zero-order valence-corrected chi connectivity index (χ0v) is 21.9. The van der Waals surface area contributed by atoms with Crippen molar-refractivity contribution in [1.82, 2.24) is 0 Å². The monoisotopic (exact) mass is 467 g/mol. The summed E-state index contributed by atoms with van der Waals surface area (Å²) in [6.45, 7) is 19.1. The maximum Gasteiger partial charge on any atom is -0.147 e. The van der Waals surface area contributed by atoms with Crippen LogP contribution < -0.4 is 0 Å². The van der Waals surface area contributed by atoms with E-state index in [1.54, 1.807) is 6.07 Å². The number of phenolic OH excluding ortho intramolecular Hbond substituents is 1. The molecule has 1 atom stereocenters. The van der Waals surface area contributed by atoms with Gasteiger partial charge in [0, 0.05) is 5.02 Å². The summed E-state index contributed by atoms with van der Waals surface area (Å²) in [6, 6.07) is 5.16. The molecule has 0 radical (unpaired) electrons. The first-order valence-corrected chi connectivity index (χ1v) is 9.71. The minimum absolute atomic E-state index is 0. The smallest absolute Gasteiger partial charge is 0.147 e. The van der Waals surface area contributed by atoms with Crippen LogP contribution in [0.2, 0.25) is 5.02 Å². The van der Waals surface area contributed by atoms with Crippen LogP contribution in [0, 0.1) is 12.0 Å². The molecule has 2 rings (SSSR count). The molecule has 27 heavy (non-hydrogen) atoms. The third kappa shape index (κ3) is 12.9. The van der Waals surface area contributed by atoms with E-state index in [4.69, 9.17) is 11.6 Å². The summed E-state index contributed by atoms with van der Waals surface area (Å²) in [7, 11) is 0. The molecule has 1 aromatic rings. The van der Waals surface area contributed by atoms with Crippen molar-refractivity contribution in [2.75, 3.05) is 0 Å². The second-order valence-electron chi connectivity index (χ2n) is 7.75. The van der Waals surface area contributed by atoms with Crippen molar-refractivity contribution in [3.8, 4) is 5.75 Å². The van der Waals surface area contributed by atoms with E-state index in [-0.39, 0.29) is 36.0 Å². The fourth-order valence-electron chi connectivity index (χ4n) is 2.17. The standard InChI is InChI=1S/C10H13ClO.C9H13.C3H6.2ClH.Ti/c1-10(2,3)7-4-8(11)6-9(12)5-7;1-6-5-7(2)9(4)8(6)3;1-3-2;;;/h4-6,12H,1-3H3;6H,1-4H3;1-2H3;2*1H;/q;-1;;;;+1. The second-order valence-corrected chi connectivity index (χ2v) is 9.75. The number of phenols is 1. The second kappa shape index (κ2) is 14.0. The normalized spacial score (nSPS) is 15.3. The average Bonchev–Trinajstić information content (AvgIpc) is 2.63. The van der Waals surface area contributed by atoms with Crippen molar-refractivity contribution in [2.24, 2.45) is 5.92 Å². The van der Waals surface area contributed by atoms with Crippen LogP contribution >= 0.6 is 36.4 Å². The average molecular weight is 469 g/mol. The molecule has 1 nitrogen and oxygen atoms in total. The van der Waals surface area contributed by atoms with Gasteiger partial charge in [0.2, 0.25) is 0 Å². The summed E-state index contributed by atoms with van der Waals surface area (Å²) >= 11 is 7.88. The molecule has 1 aromatic carbocycles. The Morgan fingerprint density at radius 2 is 1.52 bits per heavy atom. The van der Waals surface area contributed by atoms with Crippen molar-refractivity contribution in [3.05, 3.63) is 51.6 Å². The molecule has 0 spiro atoms. The Morgan fingerprint density at radius 1 is 1.07 bits per heavy atom. The maximum absolute atomic E-state index is 9.27. The number of hydrogen-bond donors (Lipinski definition) is 1. The van der Waals surface area contributed by atoms with Gasteiger partial charge in [-0.1, -0.05) is 59.1 Å². The Labute approximate surface area is 195 Å². The van der Waals surface area contributed by atoms with Crippen LogP contribution in [0.25, 0.3) is 0 Å². The quantitative estimate of drug-likeness (QED) is 0.306. The molecule has 0 aromatic heterocycles. The molecule has 0 bridgehead atoms. The Bertz CT molecular complexity index is 646. The molecule has 0 saturated heterocycles. The van der Waals surface area contributed by atoms with Gasteiger partial charge in [-0.15, -0.1) is 31.7 Å². The van der Waals surface area contributed by atoms with Crippen LogP contribution in [0.3, 0.4) is 0 Å². The topological polar surface area (TPSA) is 20.2 Å². The van der Waals surface area contributed by atoms with Gasteiger partial charge < -0.3 is 5.11 Å². The Kier molecular flexibility index (Phi) is 16.4. The van der Waals surface area contributed by atoms with Crippen molar-refractivity contribution in [1.29, 1.82) is 0 Å². The van der Waals surface area contributed by atoms with Gasteiger partial charge in [0.05, 0.1) is 0 Å². The zero-order chi connectivity index (χ0) is 19.9. The number of allylic oxidation sites excluding steroid dienone is 4. The Hall–Kier alpha value is -0.0457. The molecule has 0 aliphatic heterocycles. The molecule has 1 N–H and O–H groups in total. The van der Waals surface area contributed by atoms with Crippen LogP contribution in [0.1, 0.15) is 67.9 Å². The molecular formula is C22H34Cl3OTi. The number of halogens is 3. The fraction of sp³-hybridized carbons (Fsp3) is 0.500. The van der Waals surface area contributed by atoms with E-state index < -0.39 is 0 Å². The zero-order valence-electron chi connectivity index (χ0n) is 18.0. The largest absolute Gasteiger partial charge is 0.147 e. The van der Waals surface area contributed by atoms with Crippen molar-refractivity contribution < 1.29 is 25.1 Å². The third-order valence-electron chi connectivity index (χ3n) is 3.99. The summed E-state index contributed by atoms with van der Waals surface area (Å²) in [5, 5.41) is 9.86. The number of rotatable bonds is 0. The summed E-state index contributed by atoms with van der Waals surface area (Å²) in [5.74, 6) is 0.789. The Balaban J connectivity index is -0.000000343. The van der Waals surface area contributed by atoms with Crippen molar-refractivity contribution in [3.63, 3.8) is 0 Å². The number of aromatic hydroxyl groups is 1. The van der Waals surface area contributed by atoms with Crippen molar-refractivity contribution >= 4 is 40.2 Å². The molecule has 0 fully saturated rings. The number of benzene rings is 1. The molecular weight excluding hydrogens is 434 g/mol. The predicted octanol–water partition coefficient (Wildman–Crippen LogP) is 7.65. The van der Waals surface area contributed by atoms with Crippen LogP contribution in [-0.2, 0) is 25.4 Å². The first kappa shape index (κ1) is 31.6. The first-order chi connectivity index (χ1) is 11.3. The van der Waals surface area contributed by atoms with Crippen LogP contribution in [0.15, 0.2) is 34.9 Å². The SMILES string of the molecule is CC(C)(C)c1cc(O)cc(Cl)c1.CC1=[C-]C(C)C(C)=C1C.C[C](C)=[Ti+].Cl.Cl. The minimum Gasteiger partial charge on any atom is -0.147 e. The van der Waals surface area contributed by atoms with E-state index in [0.717, 1.165) is 5.56 Å². The van der Waals surface area contributed by atoms with Crippen LogP contribution in [0.5, 0.6) is 5.75 Å². The van der Waals surface area contributed by atoms with E-state index in [9.17, 15) is 5.11 Å². The van der Waals surface area contributed by atoms with E-state index in [1.165, 1.54) is 26.6 Å². The molecule has 1 aliphatic carbocycles. The summed E-state index contributed by atoms with van der Waals surface area (Å²) < 4.78 is 1.42. The molecule has 1 unspecified atom stereocenters. The van der Waals surface area contributed by atoms with Gasteiger partial charge in [-0.2, -0.15) is 11.1 Å². The van der Waals surface area contributed by atoms with E-state index in [1.807, 2.05) is 6.07 Å². The molecule has 153 valence electrons. The molecule has 5 heteroatoms. The molecule has 0 heterocycles. The third-order valence-corrected chi connectivity index (χ3v) is 4.20. The predicted molar refractivity (Wildman–Crippen MR) is 123 cm³/mol. The van der Waals surface area contributed by atoms with Gasteiger partial charge in [0.25, 0.3) is 0 Å². The minimum atomic E-state index is 0. The van der Waals surface area contributed by atoms with Gasteiger partial charge in [-0.25, -0.2) is 5.57 Å². The van der Waals surface area contributed by atoms with E-state index in [0.29, 0.717) is 10.9 Å². The molecule has 0 saturated carbocycles. The molecule has 1 aliphatic rings. The van der Waals surface area contributed by atoms with E-state index >= 15 is 0 Å². The van der Waals surface area contributed by atoms with Gasteiger partial charge in [0.15, 0.2) is 0 Å². The van der Waals surface area contributed by atoms with Crippen LogP contribution in [-0.4, -0.2) is 8.92 Å². The van der Waals surface area contributed by atoms with Crippen molar-refractivity contribution in [2.45, 2.75) is 67.7 Å². The fourth-order valence-corrected chi connectivity index (χ4v) is 2.40. The summed E-state index contributed by atoms with van der Waals surface area (Å²) in [4.78, 5) is 0. The van der Waals surface area contributed by atoms with E-state index in [2.05, 4.69) is 88.4 Å². The van der Waals surface area contributed by atoms with Gasteiger partial charge in [0.1, 0.15) is 5.75 Å². The number of hydrogen-bond acceptors (Lipinski definition) is 1.